The molecule has 0 amide bonds. The van der Waals surface area contributed by atoms with Crippen LogP contribution in [-0.2, 0) is 16.4 Å². The van der Waals surface area contributed by atoms with Crippen LogP contribution in [0.4, 0.5) is 0 Å². The standard InChI is InChI=1S/C18H17N3O3S2/c1-13(22)14-4-6-17(7-5-14)26(23,24)20-10-8-16-12-25-18(21-16)15-3-2-9-19-11-15/h2-7,9,11-12,20H,8,10H2,1H3. The van der Waals surface area contributed by atoms with Gasteiger partial charge in [-0.2, -0.15) is 0 Å². The van der Waals surface area contributed by atoms with Crippen LogP contribution in [0.15, 0.2) is 59.1 Å². The first kappa shape index (κ1) is 18.4. The Morgan fingerprint density at radius 3 is 2.62 bits per heavy atom. The third-order valence-corrected chi connectivity index (χ3v) is 6.12. The molecule has 0 atom stereocenters. The number of ketones is 1. The molecule has 0 aliphatic rings. The highest BCUT2D eigenvalue weighted by atomic mass is 32.2. The molecule has 1 N–H and O–H groups in total. The summed E-state index contributed by atoms with van der Waals surface area (Å²) in [6, 6.07) is 9.67. The number of rotatable bonds is 7. The maximum absolute atomic E-state index is 12.3. The molecule has 2 aromatic heterocycles. The zero-order valence-electron chi connectivity index (χ0n) is 14.0. The van der Waals surface area contributed by atoms with E-state index in [0.29, 0.717) is 12.0 Å². The largest absolute Gasteiger partial charge is 0.295 e. The van der Waals surface area contributed by atoms with E-state index in [9.17, 15) is 13.2 Å². The van der Waals surface area contributed by atoms with Gasteiger partial charge >= 0.3 is 0 Å². The first-order valence-electron chi connectivity index (χ1n) is 7.91. The number of carbonyl (C=O) groups is 1. The average molecular weight is 387 g/mol. The molecule has 0 saturated carbocycles. The Morgan fingerprint density at radius 1 is 1.19 bits per heavy atom. The molecule has 0 aliphatic carbocycles. The van der Waals surface area contributed by atoms with Crippen molar-refractivity contribution in [2.45, 2.75) is 18.2 Å². The first-order valence-corrected chi connectivity index (χ1v) is 10.3. The normalized spacial score (nSPS) is 11.4. The van der Waals surface area contributed by atoms with Crippen LogP contribution in [-0.4, -0.2) is 30.7 Å². The van der Waals surface area contributed by atoms with Crippen LogP contribution in [0.1, 0.15) is 23.0 Å². The van der Waals surface area contributed by atoms with Crippen molar-refractivity contribution in [3.8, 4) is 10.6 Å². The van der Waals surface area contributed by atoms with Crippen molar-refractivity contribution >= 4 is 27.1 Å². The van der Waals surface area contributed by atoms with Crippen LogP contribution in [0, 0.1) is 0 Å². The number of hydrogen-bond donors (Lipinski definition) is 1. The summed E-state index contributed by atoms with van der Waals surface area (Å²) in [5.74, 6) is -0.102. The SMILES string of the molecule is CC(=O)c1ccc(S(=O)(=O)NCCc2csc(-c3cccnc3)n2)cc1. The zero-order valence-corrected chi connectivity index (χ0v) is 15.7. The number of nitrogens with one attached hydrogen (secondary N) is 1. The van der Waals surface area contributed by atoms with E-state index >= 15 is 0 Å². The van der Waals surface area contributed by atoms with Crippen molar-refractivity contribution in [2.75, 3.05) is 6.54 Å². The van der Waals surface area contributed by atoms with Gasteiger partial charge in [0.05, 0.1) is 10.6 Å². The lowest BCUT2D eigenvalue weighted by Gasteiger charge is -2.06. The highest BCUT2D eigenvalue weighted by Crippen LogP contribution is 2.22. The molecule has 3 aromatic rings. The number of Topliss-reactive ketones (excluding diaryl/α,β-unsaturated/α-hetero) is 1. The fourth-order valence-corrected chi connectivity index (χ4v) is 4.19. The van der Waals surface area contributed by atoms with Crippen LogP contribution in [0.25, 0.3) is 10.6 Å². The van der Waals surface area contributed by atoms with Crippen molar-refractivity contribution in [2.24, 2.45) is 0 Å². The monoisotopic (exact) mass is 387 g/mol. The summed E-state index contributed by atoms with van der Waals surface area (Å²) in [6.07, 6.45) is 3.94. The Hall–Kier alpha value is -2.42. The fourth-order valence-electron chi connectivity index (χ4n) is 2.31. The number of benzene rings is 1. The van der Waals surface area contributed by atoms with Crippen LogP contribution in [0.5, 0.6) is 0 Å². The molecule has 0 aliphatic heterocycles. The van der Waals surface area contributed by atoms with Gasteiger partial charge in [-0.3, -0.25) is 9.78 Å². The van der Waals surface area contributed by atoms with Gasteiger partial charge in [-0.25, -0.2) is 18.1 Å². The second kappa shape index (κ2) is 7.86. The van der Waals surface area contributed by atoms with Crippen LogP contribution in [0.3, 0.4) is 0 Å². The number of thiazole rings is 1. The van der Waals surface area contributed by atoms with E-state index in [4.69, 9.17) is 0 Å². The molecular formula is C18H17N3O3S2. The molecule has 134 valence electrons. The number of carbonyl (C=O) groups excluding carboxylic acids is 1. The van der Waals surface area contributed by atoms with Crippen molar-refractivity contribution in [1.82, 2.24) is 14.7 Å². The van der Waals surface area contributed by atoms with E-state index in [-0.39, 0.29) is 17.2 Å². The van der Waals surface area contributed by atoms with Crippen LogP contribution < -0.4 is 4.72 Å². The molecule has 0 bridgehead atoms. The number of sulfonamides is 1. The molecule has 6 nitrogen and oxygen atoms in total. The van der Waals surface area contributed by atoms with Crippen molar-refractivity contribution in [1.29, 1.82) is 0 Å². The smallest absolute Gasteiger partial charge is 0.240 e. The van der Waals surface area contributed by atoms with Gasteiger partial charge in [-0.05, 0) is 31.2 Å². The van der Waals surface area contributed by atoms with Gasteiger partial charge in [-0.15, -0.1) is 11.3 Å². The van der Waals surface area contributed by atoms with Gasteiger partial charge in [0.25, 0.3) is 0 Å². The second-order valence-corrected chi connectivity index (χ2v) is 8.24. The van der Waals surface area contributed by atoms with E-state index in [1.54, 1.807) is 12.4 Å². The highest BCUT2D eigenvalue weighted by Gasteiger charge is 2.14. The van der Waals surface area contributed by atoms with Gasteiger partial charge in [0.2, 0.25) is 10.0 Å². The van der Waals surface area contributed by atoms with Crippen molar-refractivity contribution < 1.29 is 13.2 Å². The number of hydrogen-bond acceptors (Lipinski definition) is 6. The molecule has 1 aromatic carbocycles. The summed E-state index contributed by atoms with van der Waals surface area (Å²) in [7, 11) is -3.61. The van der Waals surface area contributed by atoms with Gasteiger partial charge < -0.3 is 0 Å². The highest BCUT2D eigenvalue weighted by molar-refractivity contribution is 7.89. The van der Waals surface area contributed by atoms with E-state index in [1.807, 2.05) is 17.5 Å². The minimum absolute atomic E-state index is 0.102. The lowest BCUT2D eigenvalue weighted by Crippen LogP contribution is -2.26. The maximum atomic E-state index is 12.3. The van der Waals surface area contributed by atoms with Gasteiger partial charge in [0, 0.05) is 41.9 Å². The molecule has 8 heteroatoms. The fraction of sp³-hybridized carbons (Fsp3) is 0.167. The Kier molecular flexibility index (Phi) is 5.55. The van der Waals surface area contributed by atoms with Crippen LogP contribution in [0.2, 0.25) is 0 Å². The third kappa shape index (κ3) is 4.40. The summed E-state index contributed by atoms with van der Waals surface area (Å²) in [4.78, 5) is 20.0. The number of pyridine rings is 1. The molecule has 3 rings (SSSR count). The predicted octanol–water partition coefficient (Wildman–Crippen LogP) is 2.93. The zero-order chi connectivity index (χ0) is 18.6. The lowest BCUT2D eigenvalue weighted by atomic mass is 10.2. The average Bonchev–Trinajstić information content (AvgIpc) is 3.11. The molecular weight excluding hydrogens is 370 g/mol. The summed E-state index contributed by atoms with van der Waals surface area (Å²) >= 11 is 1.50. The van der Waals surface area contributed by atoms with Crippen molar-refractivity contribution in [3.63, 3.8) is 0 Å². The van der Waals surface area contributed by atoms with E-state index in [0.717, 1.165) is 16.3 Å². The summed E-state index contributed by atoms with van der Waals surface area (Å²) in [5.41, 5.74) is 2.24. The molecule has 0 unspecified atom stereocenters. The topological polar surface area (TPSA) is 89.0 Å². The quantitative estimate of drug-likeness (QED) is 0.630. The van der Waals surface area contributed by atoms with E-state index in [2.05, 4.69) is 14.7 Å². The molecule has 2 heterocycles. The predicted molar refractivity (Wildman–Crippen MR) is 101 cm³/mol. The van der Waals surface area contributed by atoms with Crippen LogP contribution >= 0.6 is 11.3 Å². The summed E-state index contributed by atoms with van der Waals surface area (Å²) < 4.78 is 27.2. The van der Waals surface area contributed by atoms with Gasteiger partial charge in [-0.1, -0.05) is 12.1 Å². The van der Waals surface area contributed by atoms with Gasteiger partial charge in [0.15, 0.2) is 5.78 Å². The summed E-state index contributed by atoms with van der Waals surface area (Å²) in [5, 5.41) is 2.77. The second-order valence-electron chi connectivity index (χ2n) is 5.61. The van der Waals surface area contributed by atoms with E-state index < -0.39 is 10.0 Å². The minimum Gasteiger partial charge on any atom is -0.295 e. The molecule has 26 heavy (non-hydrogen) atoms. The molecule has 0 radical (unpaired) electrons. The first-order chi connectivity index (χ1) is 12.5. The maximum Gasteiger partial charge on any atom is 0.240 e. The third-order valence-electron chi connectivity index (χ3n) is 3.70. The Morgan fingerprint density at radius 2 is 1.96 bits per heavy atom. The molecule has 0 saturated heterocycles. The van der Waals surface area contributed by atoms with Crippen molar-refractivity contribution in [3.05, 3.63) is 65.4 Å². The molecule has 0 spiro atoms. The number of nitrogens with zero attached hydrogens (tertiary/aromatic N) is 2. The summed E-state index contributed by atoms with van der Waals surface area (Å²) in [6.45, 7) is 1.68. The number of aromatic nitrogens is 2. The Labute approximate surface area is 156 Å². The Bertz CT molecular complexity index is 998. The molecule has 0 fully saturated rings. The van der Waals surface area contributed by atoms with Gasteiger partial charge in [0.1, 0.15) is 5.01 Å². The Balaban J connectivity index is 1.60. The van der Waals surface area contributed by atoms with E-state index in [1.165, 1.54) is 42.5 Å². The lowest BCUT2D eigenvalue weighted by molar-refractivity contribution is 0.101. The minimum atomic E-state index is -3.61.